The van der Waals surface area contributed by atoms with Gasteiger partial charge in [-0.05, 0) is 67.5 Å². The van der Waals surface area contributed by atoms with Gasteiger partial charge in [-0.1, -0.05) is 42.5 Å². The van der Waals surface area contributed by atoms with Crippen LogP contribution in [0.5, 0.6) is 5.06 Å². The molecular weight excluding hydrogens is 406 g/mol. The predicted molar refractivity (Wildman–Crippen MR) is 128 cm³/mol. The summed E-state index contributed by atoms with van der Waals surface area (Å²) in [5.74, 6) is 0.563. The van der Waals surface area contributed by atoms with Gasteiger partial charge in [0.1, 0.15) is 0 Å². The molecule has 0 amide bonds. The molecule has 31 heavy (non-hydrogen) atoms. The normalized spacial score (nSPS) is 16.4. The quantitative estimate of drug-likeness (QED) is 0.423. The number of methoxy groups -OCH3 is 1. The van der Waals surface area contributed by atoms with Gasteiger partial charge in [0.2, 0.25) is 0 Å². The second kappa shape index (κ2) is 9.70. The third-order valence-electron chi connectivity index (χ3n) is 5.88. The lowest BCUT2D eigenvalue weighted by molar-refractivity contribution is -0.0196. The van der Waals surface area contributed by atoms with Gasteiger partial charge in [-0.25, -0.2) is 0 Å². The van der Waals surface area contributed by atoms with Crippen molar-refractivity contribution < 1.29 is 14.6 Å². The Kier molecular flexibility index (Phi) is 6.97. The first-order chi connectivity index (χ1) is 14.9. The minimum absolute atomic E-state index is 0.0640. The summed E-state index contributed by atoms with van der Waals surface area (Å²) in [5, 5.41) is 17.5. The number of thiophene rings is 1. The number of nitrogens with one attached hydrogen (secondary N) is 1. The van der Waals surface area contributed by atoms with Crippen molar-refractivity contribution in [1.29, 1.82) is 0 Å². The summed E-state index contributed by atoms with van der Waals surface area (Å²) in [6.07, 6.45) is 2.80. The smallest absolute Gasteiger partial charge is 0.173 e. The van der Waals surface area contributed by atoms with Crippen molar-refractivity contribution in [2.75, 3.05) is 20.3 Å². The highest BCUT2D eigenvalue weighted by Crippen LogP contribution is 2.46. The molecule has 4 nitrogen and oxygen atoms in total. The van der Waals surface area contributed by atoms with Gasteiger partial charge < -0.3 is 19.9 Å². The molecule has 1 heterocycles. The third kappa shape index (κ3) is 6.07. The lowest BCUT2D eigenvalue weighted by Crippen LogP contribution is -2.46. The fourth-order valence-corrected chi connectivity index (χ4v) is 5.00. The lowest BCUT2D eigenvalue weighted by atomic mass is 9.93. The zero-order valence-electron chi connectivity index (χ0n) is 18.6. The van der Waals surface area contributed by atoms with E-state index in [-0.39, 0.29) is 11.6 Å². The Balaban J connectivity index is 1.28. The van der Waals surface area contributed by atoms with E-state index in [2.05, 4.69) is 67.7 Å². The van der Waals surface area contributed by atoms with Crippen LogP contribution in [0.25, 0.3) is 10.8 Å². The van der Waals surface area contributed by atoms with E-state index in [4.69, 9.17) is 9.47 Å². The summed E-state index contributed by atoms with van der Waals surface area (Å²) in [6, 6.07) is 19.2. The number of benzene rings is 2. The molecule has 1 fully saturated rings. The Morgan fingerprint density at radius 3 is 2.58 bits per heavy atom. The Bertz CT molecular complexity index is 995. The average molecular weight is 440 g/mol. The summed E-state index contributed by atoms with van der Waals surface area (Å²) in [6.45, 7) is 5.20. The summed E-state index contributed by atoms with van der Waals surface area (Å²) in [5.41, 5.74) is 1.17. The van der Waals surface area contributed by atoms with Gasteiger partial charge in [0.15, 0.2) is 5.06 Å². The van der Waals surface area contributed by atoms with E-state index in [1.165, 1.54) is 34.1 Å². The second-order valence-corrected chi connectivity index (χ2v) is 10.3. The van der Waals surface area contributed by atoms with E-state index < -0.39 is 6.10 Å². The number of aliphatic hydroxyl groups excluding tert-OH is 1. The zero-order valence-corrected chi connectivity index (χ0v) is 19.5. The van der Waals surface area contributed by atoms with Crippen molar-refractivity contribution in [3.8, 4) is 5.06 Å². The molecule has 0 radical (unpaired) electrons. The Labute approximate surface area is 189 Å². The summed E-state index contributed by atoms with van der Waals surface area (Å²) in [7, 11) is 1.69. The molecule has 0 spiro atoms. The molecule has 0 aliphatic heterocycles. The Morgan fingerprint density at radius 2 is 1.87 bits per heavy atom. The first kappa shape index (κ1) is 22.3. The van der Waals surface area contributed by atoms with Crippen molar-refractivity contribution >= 4 is 22.1 Å². The molecule has 0 bridgehead atoms. The van der Waals surface area contributed by atoms with Crippen LogP contribution in [-0.4, -0.2) is 37.0 Å². The summed E-state index contributed by atoms with van der Waals surface area (Å²) < 4.78 is 11.5. The van der Waals surface area contributed by atoms with Gasteiger partial charge in [0.05, 0.1) is 25.9 Å². The fourth-order valence-electron chi connectivity index (χ4n) is 4.04. The van der Waals surface area contributed by atoms with Crippen LogP contribution in [0.15, 0.2) is 54.6 Å². The van der Waals surface area contributed by atoms with Crippen molar-refractivity contribution in [2.24, 2.45) is 5.92 Å². The van der Waals surface area contributed by atoms with E-state index in [1.54, 1.807) is 18.4 Å². The highest BCUT2D eigenvalue weighted by molar-refractivity contribution is 7.13. The molecule has 2 atom stereocenters. The first-order valence-electron chi connectivity index (χ1n) is 11.1. The Hall–Kier alpha value is -1.92. The summed E-state index contributed by atoms with van der Waals surface area (Å²) in [4.78, 5) is 1.19. The van der Waals surface area contributed by atoms with E-state index in [9.17, 15) is 5.11 Å². The molecule has 2 aromatic carbocycles. The van der Waals surface area contributed by atoms with Crippen LogP contribution in [0.4, 0.5) is 0 Å². The minimum Gasteiger partial charge on any atom is -0.487 e. The van der Waals surface area contributed by atoms with Crippen molar-refractivity contribution in [3.63, 3.8) is 0 Å². The van der Waals surface area contributed by atoms with Crippen LogP contribution >= 0.6 is 11.3 Å². The zero-order chi connectivity index (χ0) is 21.8. The molecule has 1 saturated carbocycles. The maximum atomic E-state index is 10.6. The Morgan fingerprint density at radius 1 is 1.10 bits per heavy atom. The van der Waals surface area contributed by atoms with Crippen LogP contribution in [0.3, 0.4) is 0 Å². The van der Waals surface area contributed by atoms with E-state index >= 15 is 0 Å². The fraction of sp³-hybridized carbons (Fsp3) is 0.462. The largest absolute Gasteiger partial charge is 0.487 e. The monoisotopic (exact) mass is 439 g/mol. The highest BCUT2D eigenvalue weighted by Gasteiger charge is 2.34. The van der Waals surface area contributed by atoms with Gasteiger partial charge in [-0.15, -0.1) is 11.3 Å². The second-order valence-electron chi connectivity index (χ2n) is 9.23. The molecule has 2 N–H and O–H groups in total. The predicted octanol–water partition coefficient (Wildman–Crippen LogP) is 5.35. The van der Waals surface area contributed by atoms with Crippen molar-refractivity contribution in [3.05, 3.63) is 65.0 Å². The molecule has 1 aliphatic carbocycles. The van der Waals surface area contributed by atoms with Crippen LogP contribution in [0.1, 0.15) is 43.2 Å². The molecule has 0 saturated heterocycles. The number of hydrogen-bond donors (Lipinski definition) is 2. The molecule has 3 aromatic rings. The van der Waals surface area contributed by atoms with E-state index in [1.807, 2.05) is 6.07 Å². The summed E-state index contributed by atoms with van der Waals surface area (Å²) >= 11 is 1.64. The number of rotatable bonds is 11. The van der Waals surface area contributed by atoms with Gasteiger partial charge in [-0.2, -0.15) is 0 Å². The van der Waals surface area contributed by atoms with Gasteiger partial charge in [0, 0.05) is 17.0 Å². The van der Waals surface area contributed by atoms with Crippen molar-refractivity contribution in [2.45, 2.75) is 50.9 Å². The van der Waals surface area contributed by atoms with E-state index in [0.29, 0.717) is 19.1 Å². The van der Waals surface area contributed by atoms with Crippen LogP contribution in [-0.2, 0) is 11.2 Å². The van der Waals surface area contributed by atoms with Gasteiger partial charge in [0.25, 0.3) is 0 Å². The van der Waals surface area contributed by atoms with Gasteiger partial charge in [-0.3, -0.25) is 0 Å². The molecular formula is C26H33NO3S. The molecule has 166 valence electrons. The topological polar surface area (TPSA) is 50.7 Å². The standard InChI is InChI=1S/C26H33NO3S/c1-26(2,15-18-8-9-19-6-4-5-7-21(19)14-18)27-16-22(28)17-30-25(20-10-11-20)23-12-13-24(29-3)31-23/h4-9,12-14,20,22,25,27-28H,10-11,15-17H2,1-3H3/t22-,25?/m1/s1. The molecule has 4 rings (SSSR count). The first-order valence-corrected chi connectivity index (χ1v) is 11.9. The molecule has 1 aromatic heterocycles. The number of aliphatic hydroxyl groups is 1. The highest BCUT2D eigenvalue weighted by atomic mass is 32.1. The van der Waals surface area contributed by atoms with Crippen molar-refractivity contribution in [1.82, 2.24) is 5.32 Å². The maximum Gasteiger partial charge on any atom is 0.173 e. The van der Waals surface area contributed by atoms with Gasteiger partial charge >= 0.3 is 0 Å². The van der Waals surface area contributed by atoms with Crippen LogP contribution < -0.4 is 10.1 Å². The minimum atomic E-state index is -0.543. The number of hydrogen-bond acceptors (Lipinski definition) is 5. The van der Waals surface area contributed by atoms with Crippen LogP contribution in [0, 0.1) is 5.92 Å². The SMILES string of the molecule is COc1ccc(C(OC[C@H](O)CNC(C)(C)Cc2ccc3ccccc3c2)C2CC2)s1. The molecule has 1 unspecified atom stereocenters. The average Bonchev–Trinajstić information content (AvgIpc) is 3.48. The lowest BCUT2D eigenvalue weighted by Gasteiger charge is -2.28. The number of ether oxygens (including phenoxy) is 2. The molecule has 5 heteroatoms. The number of β-amino-alcohol motifs (C(OH)–C–C–N with tert-alkyl or cyclic N) is 1. The number of fused-ring (bicyclic) bond motifs is 1. The molecule has 1 aliphatic rings. The maximum absolute atomic E-state index is 10.6. The van der Waals surface area contributed by atoms with E-state index in [0.717, 1.165) is 11.5 Å². The third-order valence-corrected chi connectivity index (χ3v) is 6.99. The van der Waals surface area contributed by atoms with Crippen LogP contribution in [0.2, 0.25) is 0 Å².